The average molecular weight is 375 g/mol. The first-order valence-electron chi connectivity index (χ1n) is 8.96. The summed E-state index contributed by atoms with van der Waals surface area (Å²) in [6.07, 6.45) is -0.0686. The Balaban J connectivity index is 1.23. The number of nitrogens with one attached hydrogen (secondary N) is 1. The van der Waals surface area contributed by atoms with Crippen LogP contribution in [0.25, 0.3) is 0 Å². The fourth-order valence-corrected chi connectivity index (χ4v) is 3.14. The van der Waals surface area contributed by atoms with Crippen molar-refractivity contribution in [3.63, 3.8) is 0 Å². The average Bonchev–Trinajstić information content (AvgIpc) is 3.37. The van der Waals surface area contributed by atoms with Gasteiger partial charge in [0.25, 0.3) is 5.91 Å². The van der Waals surface area contributed by atoms with Crippen molar-refractivity contribution in [3.8, 4) is 11.5 Å². The molecule has 2 amide bonds. The first-order valence-corrected chi connectivity index (χ1v) is 8.96. The zero-order valence-electron chi connectivity index (χ0n) is 14.8. The fraction of sp³-hybridized carbons (Fsp3) is 0.500. The Morgan fingerprint density at radius 3 is 2.85 bits per heavy atom. The molecule has 4 rings (SSSR count). The molecule has 0 bridgehead atoms. The molecule has 1 aromatic carbocycles. The lowest BCUT2D eigenvalue weighted by molar-refractivity contribution is -0.135. The molecule has 3 aliphatic rings. The van der Waals surface area contributed by atoms with Crippen LogP contribution in [-0.4, -0.2) is 68.2 Å². The normalized spacial score (nSPS) is 20.8. The van der Waals surface area contributed by atoms with E-state index < -0.39 is 6.10 Å². The van der Waals surface area contributed by atoms with E-state index in [-0.39, 0.29) is 31.6 Å². The Hall–Kier alpha value is -2.81. The van der Waals surface area contributed by atoms with Gasteiger partial charge in [0.15, 0.2) is 11.5 Å². The largest absolute Gasteiger partial charge is 0.454 e. The summed E-state index contributed by atoms with van der Waals surface area (Å²) in [6.45, 7) is 2.81. The van der Waals surface area contributed by atoms with Crippen LogP contribution < -0.4 is 14.8 Å². The number of carbonyl (C=O) groups excluding carboxylic acids is 2. The van der Waals surface area contributed by atoms with Gasteiger partial charge >= 0.3 is 0 Å². The molecule has 27 heavy (non-hydrogen) atoms. The topological polar surface area (TPSA) is 98.7 Å². The van der Waals surface area contributed by atoms with Crippen molar-refractivity contribution in [2.45, 2.75) is 18.9 Å². The number of amides is 2. The molecule has 0 saturated carbocycles. The van der Waals surface area contributed by atoms with Crippen molar-refractivity contribution in [2.75, 3.05) is 39.6 Å². The molecule has 144 valence electrons. The molecule has 3 aliphatic heterocycles. The van der Waals surface area contributed by atoms with Crippen molar-refractivity contribution in [3.05, 3.63) is 23.8 Å². The zero-order valence-corrected chi connectivity index (χ0v) is 14.8. The highest BCUT2D eigenvalue weighted by Crippen LogP contribution is 2.33. The number of oxime groups is 1. The highest BCUT2D eigenvalue weighted by molar-refractivity contribution is 6.04. The van der Waals surface area contributed by atoms with Gasteiger partial charge in [0, 0.05) is 38.0 Å². The minimum Gasteiger partial charge on any atom is -0.454 e. The van der Waals surface area contributed by atoms with Gasteiger partial charge in [0.2, 0.25) is 18.8 Å². The van der Waals surface area contributed by atoms with E-state index in [9.17, 15) is 9.59 Å². The van der Waals surface area contributed by atoms with E-state index in [0.717, 1.165) is 5.56 Å². The van der Waals surface area contributed by atoms with Gasteiger partial charge < -0.3 is 29.3 Å². The van der Waals surface area contributed by atoms with Crippen LogP contribution >= 0.6 is 0 Å². The second-order valence-corrected chi connectivity index (χ2v) is 6.44. The molecule has 0 spiro atoms. The van der Waals surface area contributed by atoms with Gasteiger partial charge in [-0.3, -0.25) is 9.59 Å². The SMILES string of the molecule is O=C(NCCC(=O)N1CCOCC1)C1CC(c2ccc3c(c2)OCO3)=NO1. The van der Waals surface area contributed by atoms with Gasteiger partial charge in [-0.2, -0.15) is 0 Å². The third-order valence-electron chi connectivity index (χ3n) is 4.67. The van der Waals surface area contributed by atoms with Gasteiger partial charge in [-0.25, -0.2) is 0 Å². The molecule has 1 N–H and O–H groups in total. The third kappa shape index (κ3) is 3.97. The number of hydrogen-bond donors (Lipinski definition) is 1. The van der Waals surface area contributed by atoms with Crippen LogP contribution in [0.1, 0.15) is 18.4 Å². The number of ether oxygens (including phenoxy) is 3. The molecule has 1 fully saturated rings. The molecule has 9 nitrogen and oxygen atoms in total. The standard InChI is InChI=1S/C18H21N3O6/c22-17(21-5-7-24-8-6-21)3-4-19-18(23)16-10-13(20-27-16)12-1-2-14-15(9-12)26-11-25-14/h1-2,9,16H,3-8,10-11H2,(H,19,23). The molecule has 0 aromatic heterocycles. The quantitative estimate of drug-likeness (QED) is 0.793. The van der Waals surface area contributed by atoms with E-state index in [0.29, 0.717) is 49.9 Å². The van der Waals surface area contributed by atoms with Crippen molar-refractivity contribution in [1.29, 1.82) is 0 Å². The van der Waals surface area contributed by atoms with Crippen LogP contribution in [0.2, 0.25) is 0 Å². The Morgan fingerprint density at radius 1 is 1.19 bits per heavy atom. The highest BCUT2D eigenvalue weighted by atomic mass is 16.7. The van der Waals surface area contributed by atoms with Crippen LogP contribution in [0.5, 0.6) is 11.5 Å². The minimum absolute atomic E-state index is 0.0169. The first kappa shape index (κ1) is 17.6. The van der Waals surface area contributed by atoms with Crippen molar-refractivity contribution in [2.24, 2.45) is 5.16 Å². The molecule has 1 saturated heterocycles. The summed E-state index contributed by atoms with van der Waals surface area (Å²) in [4.78, 5) is 31.4. The molecular weight excluding hydrogens is 354 g/mol. The van der Waals surface area contributed by atoms with E-state index in [1.54, 1.807) is 4.90 Å². The number of carbonyl (C=O) groups is 2. The number of nitrogens with zero attached hydrogens (tertiary/aromatic N) is 2. The molecule has 1 aromatic rings. The Morgan fingerprint density at radius 2 is 2.00 bits per heavy atom. The van der Waals surface area contributed by atoms with E-state index >= 15 is 0 Å². The zero-order chi connectivity index (χ0) is 18.6. The number of rotatable bonds is 5. The van der Waals surface area contributed by atoms with Crippen molar-refractivity contribution in [1.82, 2.24) is 10.2 Å². The third-order valence-corrected chi connectivity index (χ3v) is 4.67. The summed E-state index contributed by atoms with van der Waals surface area (Å²) in [6, 6.07) is 5.49. The van der Waals surface area contributed by atoms with Crippen LogP contribution in [0.15, 0.2) is 23.4 Å². The Bertz CT molecular complexity index is 759. The fourth-order valence-electron chi connectivity index (χ4n) is 3.14. The lowest BCUT2D eigenvalue weighted by atomic mass is 10.0. The predicted molar refractivity (Wildman–Crippen MR) is 93.6 cm³/mol. The van der Waals surface area contributed by atoms with Gasteiger partial charge in [0.05, 0.1) is 18.9 Å². The summed E-state index contributed by atoms with van der Waals surface area (Å²) < 4.78 is 15.9. The molecule has 1 atom stereocenters. The van der Waals surface area contributed by atoms with E-state index in [4.69, 9.17) is 19.0 Å². The molecule has 0 aliphatic carbocycles. The molecule has 3 heterocycles. The lowest BCUT2D eigenvalue weighted by Gasteiger charge is -2.26. The maximum absolute atomic E-state index is 12.3. The van der Waals surface area contributed by atoms with Gasteiger partial charge in [0.1, 0.15) is 0 Å². The van der Waals surface area contributed by atoms with E-state index in [2.05, 4.69) is 10.5 Å². The number of fused-ring (bicyclic) bond motifs is 1. The van der Waals surface area contributed by atoms with Crippen LogP contribution in [0, 0.1) is 0 Å². The van der Waals surface area contributed by atoms with Crippen molar-refractivity contribution >= 4 is 17.5 Å². The summed E-state index contributed by atoms with van der Waals surface area (Å²) in [5, 5.41) is 6.77. The molecular formula is C18H21N3O6. The van der Waals surface area contributed by atoms with Crippen molar-refractivity contribution < 1.29 is 28.6 Å². The molecule has 1 unspecified atom stereocenters. The summed E-state index contributed by atoms with van der Waals surface area (Å²) >= 11 is 0. The highest BCUT2D eigenvalue weighted by Gasteiger charge is 2.29. The summed E-state index contributed by atoms with van der Waals surface area (Å²) in [5.41, 5.74) is 1.51. The van der Waals surface area contributed by atoms with Crippen LogP contribution in [0.4, 0.5) is 0 Å². The second-order valence-electron chi connectivity index (χ2n) is 6.44. The Kier molecular flexibility index (Phi) is 5.10. The number of hydrogen-bond acceptors (Lipinski definition) is 7. The summed E-state index contributed by atoms with van der Waals surface area (Å²) in [5.74, 6) is 1.09. The molecule has 0 radical (unpaired) electrons. The van der Waals surface area contributed by atoms with Gasteiger partial charge in [-0.15, -0.1) is 0 Å². The second kappa shape index (κ2) is 7.83. The van der Waals surface area contributed by atoms with E-state index in [1.165, 1.54) is 0 Å². The maximum atomic E-state index is 12.3. The van der Waals surface area contributed by atoms with Gasteiger partial charge in [-0.05, 0) is 18.2 Å². The van der Waals surface area contributed by atoms with Crippen LogP contribution in [0.3, 0.4) is 0 Å². The first-order chi connectivity index (χ1) is 13.2. The Labute approximate surface area is 156 Å². The maximum Gasteiger partial charge on any atom is 0.264 e. The van der Waals surface area contributed by atoms with Crippen LogP contribution in [-0.2, 0) is 19.2 Å². The van der Waals surface area contributed by atoms with Gasteiger partial charge in [-0.1, -0.05) is 5.16 Å². The minimum atomic E-state index is -0.691. The molecule has 9 heteroatoms. The smallest absolute Gasteiger partial charge is 0.264 e. The lowest BCUT2D eigenvalue weighted by Crippen LogP contribution is -2.42. The predicted octanol–water partition coefficient (Wildman–Crippen LogP) is 0.273. The number of benzene rings is 1. The number of morpholine rings is 1. The van der Waals surface area contributed by atoms with E-state index in [1.807, 2.05) is 18.2 Å². The monoisotopic (exact) mass is 375 g/mol. The summed E-state index contributed by atoms with van der Waals surface area (Å²) in [7, 11) is 0.